The lowest BCUT2D eigenvalue weighted by Crippen LogP contribution is -2.41. The average Bonchev–Trinajstić information content (AvgIpc) is 3.39. The van der Waals surface area contributed by atoms with E-state index in [2.05, 4.69) is 5.32 Å². The lowest BCUT2D eigenvalue weighted by Gasteiger charge is -2.32. The first-order chi connectivity index (χ1) is 15.1. The van der Waals surface area contributed by atoms with Crippen molar-refractivity contribution in [3.05, 3.63) is 69.2 Å². The monoisotopic (exact) mass is 484 g/mol. The van der Waals surface area contributed by atoms with Crippen molar-refractivity contribution in [2.45, 2.75) is 31.5 Å². The van der Waals surface area contributed by atoms with E-state index in [-0.39, 0.29) is 35.3 Å². The van der Waals surface area contributed by atoms with Crippen LogP contribution >= 0.6 is 23.2 Å². The van der Waals surface area contributed by atoms with Crippen molar-refractivity contribution in [2.75, 3.05) is 19.6 Å². The normalized spacial score (nSPS) is 20.2. The maximum absolute atomic E-state index is 12.7. The standard InChI is InChI=1S/C23H21Cl2F3N2O2/c24-17-9-15(10-18(25)11-17)21(32)29-20-12-22(20)5-7-30(8-6-22)13-19(31)14-1-3-16(4-2-14)23(26,27)28/h1-4,9-11,20H,5-8,12-13H2,(H,29,32). The molecule has 4 nitrogen and oxygen atoms in total. The summed E-state index contributed by atoms with van der Waals surface area (Å²) in [6, 6.07) is 9.11. The topological polar surface area (TPSA) is 49.4 Å². The van der Waals surface area contributed by atoms with Crippen LogP contribution in [0.1, 0.15) is 45.5 Å². The molecular formula is C23H21Cl2F3N2O2. The van der Waals surface area contributed by atoms with Crippen molar-refractivity contribution in [3.8, 4) is 0 Å². The molecule has 1 atom stereocenters. The Morgan fingerprint density at radius 3 is 2.16 bits per heavy atom. The Morgan fingerprint density at radius 2 is 1.59 bits per heavy atom. The maximum Gasteiger partial charge on any atom is 0.416 e. The van der Waals surface area contributed by atoms with Crippen LogP contribution in [0.5, 0.6) is 0 Å². The van der Waals surface area contributed by atoms with E-state index in [1.807, 2.05) is 4.90 Å². The molecule has 1 amide bonds. The van der Waals surface area contributed by atoms with E-state index in [0.717, 1.165) is 31.4 Å². The first-order valence-electron chi connectivity index (χ1n) is 10.3. The molecule has 9 heteroatoms. The number of hydrogen-bond acceptors (Lipinski definition) is 3. The van der Waals surface area contributed by atoms with Crippen LogP contribution in [-0.2, 0) is 6.18 Å². The molecule has 2 fully saturated rings. The summed E-state index contributed by atoms with van der Waals surface area (Å²) in [5.74, 6) is -0.413. The highest BCUT2D eigenvalue weighted by Gasteiger charge is 2.55. The van der Waals surface area contributed by atoms with Gasteiger partial charge in [0.25, 0.3) is 5.91 Å². The van der Waals surface area contributed by atoms with Gasteiger partial charge in [-0.05, 0) is 68.1 Å². The van der Waals surface area contributed by atoms with Gasteiger partial charge in [-0.1, -0.05) is 35.3 Å². The quantitative estimate of drug-likeness (QED) is 0.571. The number of likely N-dealkylation sites (tertiary alicyclic amines) is 1. The van der Waals surface area contributed by atoms with Crippen molar-refractivity contribution in [1.29, 1.82) is 0 Å². The van der Waals surface area contributed by atoms with Gasteiger partial charge in [0.15, 0.2) is 5.78 Å². The molecule has 0 bridgehead atoms. The third-order valence-corrected chi connectivity index (χ3v) is 6.81. The minimum atomic E-state index is -4.42. The number of rotatable bonds is 5. The van der Waals surface area contributed by atoms with Crippen LogP contribution in [0, 0.1) is 5.41 Å². The Labute approximate surface area is 193 Å². The minimum absolute atomic E-state index is 0.0337. The molecule has 0 aromatic heterocycles. The predicted molar refractivity (Wildman–Crippen MR) is 116 cm³/mol. The Bertz CT molecular complexity index is 1010. The van der Waals surface area contributed by atoms with Gasteiger partial charge in [0, 0.05) is 27.2 Å². The van der Waals surface area contributed by atoms with Crippen molar-refractivity contribution >= 4 is 34.9 Å². The molecule has 1 spiro atoms. The second-order valence-corrected chi connectivity index (χ2v) is 9.40. The molecule has 4 rings (SSSR count). The molecular weight excluding hydrogens is 464 g/mol. The number of alkyl halides is 3. The molecule has 1 saturated heterocycles. The first-order valence-corrected chi connectivity index (χ1v) is 11.0. The molecule has 1 saturated carbocycles. The molecule has 2 aliphatic rings. The predicted octanol–water partition coefficient (Wildman–Crippen LogP) is 5.48. The number of halogens is 5. The van der Waals surface area contributed by atoms with Crippen LogP contribution < -0.4 is 5.32 Å². The number of nitrogens with zero attached hydrogens (tertiary/aromatic N) is 1. The Morgan fingerprint density at radius 1 is 1.00 bits per heavy atom. The molecule has 0 radical (unpaired) electrons. The number of benzene rings is 2. The highest BCUT2D eigenvalue weighted by molar-refractivity contribution is 6.35. The van der Waals surface area contributed by atoms with Gasteiger partial charge in [0.2, 0.25) is 0 Å². The van der Waals surface area contributed by atoms with E-state index in [9.17, 15) is 22.8 Å². The van der Waals surface area contributed by atoms with E-state index in [1.54, 1.807) is 18.2 Å². The number of piperidine rings is 1. The largest absolute Gasteiger partial charge is 0.416 e. The van der Waals surface area contributed by atoms with E-state index >= 15 is 0 Å². The Hall–Kier alpha value is -2.09. The molecule has 1 N–H and O–H groups in total. The summed E-state index contributed by atoms with van der Waals surface area (Å²) in [5.41, 5.74) is -0.0404. The van der Waals surface area contributed by atoms with Crippen LogP contribution in [0.3, 0.4) is 0 Å². The van der Waals surface area contributed by atoms with E-state index in [4.69, 9.17) is 23.2 Å². The summed E-state index contributed by atoms with van der Waals surface area (Å²) < 4.78 is 38.1. The third-order valence-electron chi connectivity index (χ3n) is 6.37. The van der Waals surface area contributed by atoms with Crippen molar-refractivity contribution < 1.29 is 22.8 Å². The fourth-order valence-corrected chi connectivity index (χ4v) is 4.85. The number of ketones is 1. The summed E-state index contributed by atoms with van der Waals surface area (Å²) in [5, 5.41) is 3.85. The van der Waals surface area contributed by atoms with Gasteiger partial charge in [-0.2, -0.15) is 13.2 Å². The molecule has 2 aromatic carbocycles. The zero-order valence-electron chi connectivity index (χ0n) is 17.0. The number of Topliss-reactive ketones (excluding diaryl/α,β-unsaturated/α-hetero) is 1. The maximum atomic E-state index is 12.7. The van der Waals surface area contributed by atoms with Crippen LogP contribution in [0.2, 0.25) is 10.0 Å². The SMILES string of the molecule is O=C(CN1CCC2(CC1)CC2NC(=O)c1cc(Cl)cc(Cl)c1)c1ccc(C(F)(F)F)cc1. The van der Waals surface area contributed by atoms with Gasteiger partial charge in [0.05, 0.1) is 12.1 Å². The van der Waals surface area contributed by atoms with Crippen LogP contribution in [0.25, 0.3) is 0 Å². The van der Waals surface area contributed by atoms with Gasteiger partial charge in [-0.25, -0.2) is 0 Å². The third kappa shape index (κ3) is 5.11. The average molecular weight is 485 g/mol. The number of hydrogen-bond donors (Lipinski definition) is 1. The van der Waals surface area contributed by atoms with Crippen molar-refractivity contribution in [2.24, 2.45) is 5.41 Å². The smallest absolute Gasteiger partial charge is 0.349 e. The summed E-state index contributed by atoms with van der Waals surface area (Å²) in [6.07, 6.45) is -1.85. The van der Waals surface area contributed by atoms with Crippen molar-refractivity contribution in [3.63, 3.8) is 0 Å². The summed E-state index contributed by atoms with van der Waals surface area (Å²) in [6.45, 7) is 1.56. The molecule has 32 heavy (non-hydrogen) atoms. The molecule has 2 aromatic rings. The summed E-state index contributed by atoms with van der Waals surface area (Å²) in [7, 11) is 0. The number of nitrogens with one attached hydrogen (secondary N) is 1. The van der Waals surface area contributed by atoms with Gasteiger partial charge < -0.3 is 5.32 Å². The van der Waals surface area contributed by atoms with Crippen molar-refractivity contribution in [1.82, 2.24) is 10.2 Å². The molecule has 1 aliphatic carbocycles. The fraction of sp³-hybridized carbons (Fsp3) is 0.391. The summed E-state index contributed by atoms with van der Waals surface area (Å²) >= 11 is 11.9. The van der Waals surface area contributed by atoms with Crippen LogP contribution in [-0.4, -0.2) is 42.3 Å². The van der Waals surface area contributed by atoms with Gasteiger partial charge in [0.1, 0.15) is 0 Å². The summed E-state index contributed by atoms with van der Waals surface area (Å²) in [4.78, 5) is 27.0. The molecule has 1 heterocycles. The number of carbonyl (C=O) groups excluding carboxylic acids is 2. The van der Waals surface area contributed by atoms with E-state index < -0.39 is 11.7 Å². The molecule has 1 unspecified atom stereocenters. The van der Waals surface area contributed by atoms with Crippen LogP contribution in [0.4, 0.5) is 13.2 Å². The zero-order chi connectivity index (χ0) is 23.1. The highest BCUT2D eigenvalue weighted by Crippen LogP contribution is 2.54. The number of carbonyl (C=O) groups is 2. The fourth-order valence-electron chi connectivity index (χ4n) is 4.33. The number of amides is 1. The first kappa shape index (κ1) is 23.1. The Kier molecular flexibility index (Phi) is 6.27. The second kappa shape index (κ2) is 8.69. The molecule has 1 aliphatic heterocycles. The second-order valence-electron chi connectivity index (χ2n) is 8.53. The Balaban J connectivity index is 1.27. The molecule has 170 valence electrons. The van der Waals surface area contributed by atoms with Gasteiger partial charge in [-0.15, -0.1) is 0 Å². The minimum Gasteiger partial charge on any atom is -0.349 e. The zero-order valence-corrected chi connectivity index (χ0v) is 18.5. The van der Waals surface area contributed by atoms with Gasteiger partial charge in [-0.3, -0.25) is 14.5 Å². The lowest BCUT2D eigenvalue weighted by molar-refractivity contribution is -0.137. The van der Waals surface area contributed by atoms with Gasteiger partial charge >= 0.3 is 6.18 Å². The highest BCUT2D eigenvalue weighted by atomic mass is 35.5. The van der Waals surface area contributed by atoms with E-state index in [1.165, 1.54) is 12.1 Å². The van der Waals surface area contributed by atoms with Crippen LogP contribution in [0.15, 0.2) is 42.5 Å². The lowest BCUT2D eigenvalue weighted by atomic mass is 9.92. The van der Waals surface area contributed by atoms with E-state index in [0.29, 0.717) is 28.7 Å².